The lowest BCUT2D eigenvalue weighted by Gasteiger charge is -2.32. The molecule has 0 fully saturated rings. The van der Waals surface area contributed by atoms with E-state index in [1.807, 2.05) is 30.6 Å². The number of hydrogen-bond acceptors (Lipinski definition) is 1. The first-order chi connectivity index (χ1) is 17.8. The quantitative estimate of drug-likeness (QED) is 0.291. The summed E-state index contributed by atoms with van der Waals surface area (Å²) in [5.41, 5.74) is 2.58. The Kier molecular flexibility index (Phi) is 8.90. The first-order valence-electron chi connectivity index (χ1n) is 12.6. The molecule has 0 unspecified atom stereocenters. The molecule has 1 heterocycles. The summed E-state index contributed by atoms with van der Waals surface area (Å²) in [6.45, 7) is 6.53. The molecule has 178 valence electrons. The third-order valence-corrected chi connectivity index (χ3v) is 11.8. The average molecular weight is 485 g/mol. The van der Waals surface area contributed by atoms with E-state index in [-0.39, 0.29) is 0 Å². The zero-order chi connectivity index (χ0) is 25.1. The summed E-state index contributed by atoms with van der Waals surface area (Å²) >= 11 is 0. The van der Waals surface area contributed by atoms with Gasteiger partial charge in [-0.25, -0.2) is 4.98 Å². The third-order valence-electron chi connectivity index (χ3n) is 6.82. The molecule has 0 spiro atoms. The molecule has 0 saturated carbocycles. The van der Waals surface area contributed by atoms with Crippen LogP contribution in [0.15, 0.2) is 153 Å². The van der Waals surface area contributed by atoms with Crippen molar-refractivity contribution >= 4 is 36.1 Å². The molecule has 0 bridgehead atoms. The van der Waals surface area contributed by atoms with Crippen LogP contribution in [0, 0.1) is 0 Å². The van der Waals surface area contributed by atoms with Gasteiger partial charge in [-0.1, -0.05) is 156 Å². The lowest BCUT2D eigenvalue weighted by Crippen LogP contribution is -2.60. The van der Waals surface area contributed by atoms with Crippen LogP contribution >= 0.6 is 0 Å². The van der Waals surface area contributed by atoms with Gasteiger partial charge in [-0.2, -0.15) is 0 Å². The third kappa shape index (κ3) is 6.02. The van der Waals surface area contributed by atoms with Crippen molar-refractivity contribution in [1.29, 1.82) is 0 Å². The van der Waals surface area contributed by atoms with E-state index in [9.17, 15) is 0 Å². The van der Waals surface area contributed by atoms with Crippen LogP contribution in [0.25, 0.3) is 0 Å². The van der Waals surface area contributed by atoms with E-state index in [2.05, 4.69) is 138 Å². The molecule has 5 aromatic rings. The second-order valence-electron chi connectivity index (χ2n) is 8.94. The number of aromatic nitrogens is 2. The molecule has 36 heavy (non-hydrogen) atoms. The summed E-state index contributed by atoms with van der Waals surface area (Å²) < 4.78 is 2.23. The smallest absolute Gasteiger partial charge is 0.233 e. The maximum absolute atomic E-state index is 4.21. The largest absolute Gasteiger partial charge is 0.340 e. The minimum absolute atomic E-state index is 0.299. The van der Waals surface area contributed by atoms with E-state index in [4.69, 9.17) is 0 Å². The van der Waals surface area contributed by atoms with Gasteiger partial charge in [0.1, 0.15) is 8.07 Å². The molecule has 0 N–H and O–H groups in total. The van der Waals surface area contributed by atoms with Crippen LogP contribution in [0.3, 0.4) is 0 Å². The van der Waals surface area contributed by atoms with Gasteiger partial charge in [0.05, 0.1) is 6.33 Å². The Balaban J connectivity index is 0.000000179. The molecule has 0 atom stereocenters. The highest BCUT2D eigenvalue weighted by atomic mass is 28.3. The number of nitrogens with zero attached hydrogens (tertiary/aromatic N) is 2. The highest BCUT2D eigenvalue weighted by Crippen LogP contribution is 2.14. The fraction of sp³-hybridized carbons (Fsp3) is 0.0938. The molecule has 0 aliphatic heterocycles. The van der Waals surface area contributed by atoms with Gasteiger partial charge in [0.25, 0.3) is 0 Å². The van der Waals surface area contributed by atoms with Crippen LogP contribution in [-0.2, 0) is 6.17 Å². The molecule has 2 nitrogen and oxygen atoms in total. The van der Waals surface area contributed by atoms with Crippen LogP contribution in [0.4, 0.5) is 0 Å². The summed E-state index contributed by atoms with van der Waals surface area (Å²) in [4.78, 5) is 4.21. The normalized spacial score (nSPS) is 10.7. The van der Waals surface area contributed by atoms with Gasteiger partial charge in [-0.15, -0.1) is 12.6 Å². The number of hydrogen-bond donors (Lipinski definition) is 0. The van der Waals surface area contributed by atoms with Gasteiger partial charge in [0, 0.05) is 18.6 Å². The molecule has 5 rings (SSSR count). The van der Waals surface area contributed by atoms with Crippen LogP contribution in [0.2, 0.25) is 6.04 Å². The molecule has 1 aromatic heterocycles. The van der Waals surface area contributed by atoms with Crippen LogP contribution < -0.4 is 21.3 Å². The lowest BCUT2D eigenvalue weighted by molar-refractivity contribution is 0.852. The second-order valence-corrected chi connectivity index (χ2v) is 13.3. The van der Waals surface area contributed by atoms with Crippen LogP contribution in [0.5, 0.6) is 0 Å². The Hall–Kier alpha value is -3.89. The van der Waals surface area contributed by atoms with E-state index in [1.165, 1.54) is 27.3 Å². The lowest BCUT2D eigenvalue weighted by atomic mass is 9.41. The molecule has 4 aromatic carbocycles. The highest BCUT2D eigenvalue weighted by Gasteiger charge is 2.35. The molecule has 0 amide bonds. The Bertz CT molecular complexity index is 1210. The van der Waals surface area contributed by atoms with E-state index < -0.39 is 8.07 Å². The van der Waals surface area contributed by atoms with Crippen molar-refractivity contribution in [3.05, 3.63) is 153 Å². The van der Waals surface area contributed by atoms with Gasteiger partial charge in [-0.05, 0) is 0 Å². The molecule has 0 radical (unpaired) electrons. The van der Waals surface area contributed by atoms with E-state index in [0.29, 0.717) is 6.71 Å². The van der Waals surface area contributed by atoms with Crippen molar-refractivity contribution in [3.8, 4) is 0 Å². The van der Waals surface area contributed by atoms with Gasteiger partial charge >= 0.3 is 0 Å². The van der Waals surface area contributed by atoms with Crippen molar-refractivity contribution in [2.75, 3.05) is 0 Å². The number of rotatable bonds is 8. The fourth-order valence-electron chi connectivity index (χ4n) is 4.86. The molecular weight excluding hydrogens is 451 g/mol. The Morgan fingerprint density at radius 2 is 1.17 bits per heavy atom. The summed E-state index contributed by atoms with van der Waals surface area (Å²) in [6.07, 6.45) is 6.91. The van der Waals surface area contributed by atoms with Crippen LogP contribution in [-0.4, -0.2) is 24.3 Å². The van der Waals surface area contributed by atoms with Gasteiger partial charge in [0.2, 0.25) is 6.71 Å². The summed E-state index contributed by atoms with van der Waals surface area (Å²) in [5, 5.41) is 2.99. The first kappa shape index (κ1) is 25.2. The van der Waals surface area contributed by atoms with E-state index in [1.54, 1.807) is 0 Å². The minimum Gasteiger partial charge on any atom is -0.340 e. The summed E-state index contributed by atoms with van der Waals surface area (Å²) in [5.74, 6) is 1.99. The monoisotopic (exact) mass is 484 g/mol. The Morgan fingerprint density at radius 1 is 0.722 bits per heavy atom. The summed E-state index contributed by atoms with van der Waals surface area (Å²) in [7, 11) is -1.80. The Labute approximate surface area is 217 Å². The van der Waals surface area contributed by atoms with Crippen molar-refractivity contribution in [3.63, 3.8) is 0 Å². The first-order valence-corrected chi connectivity index (χ1v) is 15.0. The van der Waals surface area contributed by atoms with Gasteiger partial charge < -0.3 is 4.57 Å². The van der Waals surface area contributed by atoms with Crippen molar-refractivity contribution in [2.45, 2.75) is 19.1 Å². The van der Waals surface area contributed by atoms with Crippen LogP contribution in [0.1, 0.15) is 6.92 Å². The molecule has 0 aliphatic rings. The maximum Gasteiger partial charge on any atom is 0.233 e. The zero-order valence-electron chi connectivity index (χ0n) is 20.9. The highest BCUT2D eigenvalue weighted by molar-refractivity contribution is 7.01. The summed E-state index contributed by atoms with van der Waals surface area (Å²) in [6, 6.07) is 44.0. The Morgan fingerprint density at radius 3 is 1.53 bits per heavy atom. The molecule has 0 saturated heterocycles. The second kappa shape index (κ2) is 12.7. The zero-order valence-corrected chi connectivity index (χ0v) is 21.9. The van der Waals surface area contributed by atoms with Crippen molar-refractivity contribution in [2.24, 2.45) is 0 Å². The SMILES string of the molecule is C=CB(c1ccccc1)c1ccccc1.CC[Si](Cn1ccnc1)(c1ccccc1)c1ccccc1. The minimum atomic E-state index is -1.80. The predicted molar refractivity (Wildman–Crippen MR) is 159 cm³/mol. The standard InChI is InChI=1S/C18H20N2Si.C14H13B/c1-2-21(16-20-14-13-19-15-20,17-9-5-3-6-10-17)18-11-7-4-8-12-18;1-2-15(13-9-5-3-6-10-13)14-11-7-4-8-12-14/h3-15H,2,16H2,1H3;2-12H,1H2. The van der Waals surface area contributed by atoms with E-state index >= 15 is 0 Å². The van der Waals surface area contributed by atoms with Crippen molar-refractivity contribution in [1.82, 2.24) is 9.55 Å². The predicted octanol–water partition coefficient (Wildman–Crippen LogP) is 4.73. The number of imidazole rings is 1. The fourth-order valence-corrected chi connectivity index (χ4v) is 9.07. The molecular formula is C32H33BN2Si. The van der Waals surface area contributed by atoms with Gasteiger partial charge in [0.15, 0.2) is 0 Å². The topological polar surface area (TPSA) is 17.8 Å². The molecule has 4 heteroatoms. The molecule has 0 aliphatic carbocycles. The van der Waals surface area contributed by atoms with E-state index in [0.717, 1.165) is 6.17 Å². The van der Waals surface area contributed by atoms with Gasteiger partial charge in [-0.3, -0.25) is 0 Å². The number of benzene rings is 4. The maximum atomic E-state index is 4.21. The van der Waals surface area contributed by atoms with Crippen molar-refractivity contribution < 1.29 is 0 Å². The average Bonchev–Trinajstić information content (AvgIpc) is 3.48.